The Morgan fingerprint density at radius 3 is 2.89 bits per heavy atom. The Morgan fingerprint density at radius 2 is 2.33 bits per heavy atom. The highest BCUT2D eigenvalue weighted by Crippen LogP contribution is 2.26. The maximum absolute atomic E-state index is 11.5. The third-order valence-electron chi connectivity index (χ3n) is 3.37. The summed E-state index contributed by atoms with van der Waals surface area (Å²) in [6.07, 6.45) is 0.648. The summed E-state index contributed by atoms with van der Waals surface area (Å²) in [6, 6.07) is 1.43. The summed E-state index contributed by atoms with van der Waals surface area (Å²) < 4.78 is 0. The second-order valence-electron chi connectivity index (χ2n) is 4.73. The summed E-state index contributed by atoms with van der Waals surface area (Å²) in [5, 5.41) is 9.09. The fraction of sp³-hybridized carbons (Fsp3) is 0.583. The number of carbonyl (C=O) groups is 1. The van der Waals surface area contributed by atoms with Gasteiger partial charge in [0.2, 0.25) is 0 Å². The molecule has 0 aromatic carbocycles. The van der Waals surface area contributed by atoms with Gasteiger partial charge in [0.25, 0.3) is 5.56 Å². The molecule has 2 atom stereocenters. The summed E-state index contributed by atoms with van der Waals surface area (Å²) in [4.78, 5) is 31.4. The minimum Gasteiger partial charge on any atom is -0.481 e. The molecule has 1 aromatic heterocycles. The highest BCUT2D eigenvalue weighted by atomic mass is 16.4. The van der Waals surface area contributed by atoms with E-state index in [1.54, 1.807) is 0 Å². The zero-order valence-electron chi connectivity index (χ0n) is 10.5. The van der Waals surface area contributed by atoms with Crippen LogP contribution in [0.15, 0.2) is 10.9 Å². The van der Waals surface area contributed by atoms with Gasteiger partial charge in [0.1, 0.15) is 11.6 Å². The largest absolute Gasteiger partial charge is 0.481 e. The van der Waals surface area contributed by atoms with Gasteiger partial charge in [-0.3, -0.25) is 9.59 Å². The Morgan fingerprint density at radius 1 is 1.61 bits per heavy atom. The molecule has 6 nitrogen and oxygen atoms in total. The van der Waals surface area contributed by atoms with Crippen LogP contribution < -0.4 is 10.5 Å². The van der Waals surface area contributed by atoms with Gasteiger partial charge in [-0.1, -0.05) is 13.8 Å². The van der Waals surface area contributed by atoms with E-state index in [0.29, 0.717) is 31.2 Å². The van der Waals surface area contributed by atoms with Crippen molar-refractivity contribution in [2.75, 3.05) is 18.0 Å². The van der Waals surface area contributed by atoms with Crippen molar-refractivity contribution in [3.63, 3.8) is 0 Å². The van der Waals surface area contributed by atoms with Crippen LogP contribution in [0, 0.1) is 11.8 Å². The number of rotatable bonds is 3. The molecule has 0 spiro atoms. The first kappa shape index (κ1) is 12.6. The maximum atomic E-state index is 11.5. The summed E-state index contributed by atoms with van der Waals surface area (Å²) in [6.45, 7) is 4.86. The highest BCUT2D eigenvalue weighted by Gasteiger charge is 2.35. The van der Waals surface area contributed by atoms with Crippen molar-refractivity contribution in [1.82, 2.24) is 9.97 Å². The molecule has 0 radical (unpaired) electrons. The van der Waals surface area contributed by atoms with E-state index in [9.17, 15) is 9.59 Å². The van der Waals surface area contributed by atoms with E-state index >= 15 is 0 Å². The fourth-order valence-corrected chi connectivity index (χ4v) is 2.30. The summed E-state index contributed by atoms with van der Waals surface area (Å²) in [5.74, 6) is 0.0884. The molecule has 1 aliphatic heterocycles. The van der Waals surface area contributed by atoms with Gasteiger partial charge < -0.3 is 15.0 Å². The van der Waals surface area contributed by atoms with Crippen molar-refractivity contribution < 1.29 is 9.90 Å². The van der Waals surface area contributed by atoms with Crippen LogP contribution in [0.1, 0.15) is 19.7 Å². The van der Waals surface area contributed by atoms with Crippen molar-refractivity contribution in [2.45, 2.75) is 20.3 Å². The van der Waals surface area contributed by atoms with Gasteiger partial charge in [-0.05, 0) is 5.92 Å². The monoisotopic (exact) mass is 251 g/mol. The van der Waals surface area contributed by atoms with Crippen molar-refractivity contribution in [3.8, 4) is 0 Å². The van der Waals surface area contributed by atoms with E-state index < -0.39 is 11.9 Å². The van der Waals surface area contributed by atoms with E-state index in [0.717, 1.165) is 0 Å². The van der Waals surface area contributed by atoms with Crippen molar-refractivity contribution >= 4 is 11.8 Å². The SMILES string of the molecule is CCc1nc(N2CC(C)C(C(=O)O)C2)cc(=O)[nH]1. The van der Waals surface area contributed by atoms with Crippen molar-refractivity contribution in [2.24, 2.45) is 11.8 Å². The van der Waals surface area contributed by atoms with Gasteiger partial charge in [-0.2, -0.15) is 0 Å². The molecule has 0 amide bonds. The molecule has 0 aliphatic carbocycles. The van der Waals surface area contributed by atoms with E-state index in [2.05, 4.69) is 9.97 Å². The Hall–Kier alpha value is -1.85. The van der Waals surface area contributed by atoms with Crippen LogP contribution in [-0.4, -0.2) is 34.1 Å². The molecule has 1 aromatic rings. The maximum Gasteiger partial charge on any atom is 0.308 e. The van der Waals surface area contributed by atoms with Crippen LogP contribution >= 0.6 is 0 Å². The molecule has 2 N–H and O–H groups in total. The van der Waals surface area contributed by atoms with Crippen LogP contribution in [0.25, 0.3) is 0 Å². The molecular weight excluding hydrogens is 234 g/mol. The molecule has 0 bridgehead atoms. The molecular formula is C12H17N3O3. The molecule has 18 heavy (non-hydrogen) atoms. The lowest BCUT2D eigenvalue weighted by Crippen LogP contribution is -2.25. The van der Waals surface area contributed by atoms with Crippen molar-refractivity contribution in [1.29, 1.82) is 0 Å². The number of aromatic nitrogens is 2. The average molecular weight is 251 g/mol. The third kappa shape index (κ3) is 2.37. The first-order valence-electron chi connectivity index (χ1n) is 6.09. The zero-order valence-corrected chi connectivity index (χ0v) is 10.5. The predicted molar refractivity (Wildman–Crippen MR) is 66.7 cm³/mol. The van der Waals surface area contributed by atoms with E-state index in [1.807, 2.05) is 18.7 Å². The lowest BCUT2D eigenvalue weighted by molar-refractivity contribution is -0.142. The van der Waals surface area contributed by atoms with Gasteiger partial charge >= 0.3 is 5.97 Å². The van der Waals surface area contributed by atoms with Gasteiger partial charge in [-0.25, -0.2) is 4.98 Å². The lowest BCUT2D eigenvalue weighted by Gasteiger charge is -2.17. The number of aryl methyl sites for hydroxylation is 1. The van der Waals surface area contributed by atoms with Crippen molar-refractivity contribution in [3.05, 3.63) is 22.2 Å². The number of nitrogens with one attached hydrogen (secondary N) is 1. The molecule has 1 aliphatic rings. The number of nitrogens with zero attached hydrogens (tertiary/aromatic N) is 2. The second-order valence-corrected chi connectivity index (χ2v) is 4.73. The number of aromatic amines is 1. The smallest absolute Gasteiger partial charge is 0.308 e. The molecule has 1 saturated heterocycles. The topological polar surface area (TPSA) is 86.3 Å². The molecule has 2 heterocycles. The van der Waals surface area contributed by atoms with Crippen LogP contribution in [0.2, 0.25) is 0 Å². The van der Waals surface area contributed by atoms with Crippen LogP contribution in [0.3, 0.4) is 0 Å². The summed E-state index contributed by atoms with van der Waals surface area (Å²) >= 11 is 0. The molecule has 1 fully saturated rings. The first-order valence-corrected chi connectivity index (χ1v) is 6.09. The number of hydrogen-bond acceptors (Lipinski definition) is 4. The fourth-order valence-electron chi connectivity index (χ4n) is 2.30. The first-order chi connectivity index (χ1) is 8.51. The molecule has 98 valence electrons. The minimum atomic E-state index is -0.787. The van der Waals surface area contributed by atoms with E-state index in [4.69, 9.17) is 5.11 Å². The van der Waals surface area contributed by atoms with Gasteiger partial charge in [0, 0.05) is 25.6 Å². The van der Waals surface area contributed by atoms with Gasteiger partial charge in [0.05, 0.1) is 5.92 Å². The van der Waals surface area contributed by atoms with Crippen LogP contribution in [-0.2, 0) is 11.2 Å². The molecule has 0 saturated carbocycles. The normalized spacial score (nSPS) is 23.3. The zero-order chi connectivity index (χ0) is 13.3. The standard InChI is InChI=1S/C12H17N3O3/c1-3-9-13-10(4-11(16)14-9)15-5-7(2)8(6-15)12(17)18/h4,7-8H,3,5-6H2,1-2H3,(H,17,18)(H,13,14,16). The number of carboxylic acid groups (broad SMARTS) is 1. The van der Waals surface area contributed by atoms with Gasteiger partial charge in [0.15, 0.2) is 0 Å². The number of anilines is 1. The van der Waals surface area contributed by atoms with Crippen LogP contribution in [0.4, 0.5) is 5.82 Å². The Bertz CT molecular complexity index is 512. The molecule has 6 heteroatoms. The minimum absolute atomic E-state index is 0.0636. The van der Waals surface area contributed by atoms with E-state index in [-0.39, 0.29) is 11.5 Å². The number of H-pyrrole nitrogens is 1. The van der Waals surface area contributed by atoms with E-state index in [1.165, 1.54) is 6.07 Å². The summed E-state index contributed by atoms with van der Waals surface area (Å²) in [7, 11) is 0. The predicted octanol–water partition coefficient (Wildman–Crippen LogP) is 0.489. The Labute approximate surface area is 105 Å². The number of hydrogen-bond donors (Lipinski definition) is 2. The highest BCUT2D eigenvalue weighted by molar-refractivity contribution is 5.72. The third-order valence-corrected chi connectivity index (χ3v) is 3.37. The Kier molecular flexibility index (Phi) is 3.36. The van der Waals surface area contributed by atoms with Gasteiger partial charge in [-0.15, -0.1) is 0 Å². The average Bonchev–Trinajstić information content (AvgIpc) is 2.70. The number of aliphatic carboxylic acids is 1. The molecule has 2 unspecified atom stereocenters. The Balaban J connectivity index is 2.26. The van der Waals surface area contributed by atoms with Crippen LogP contribution in [0.5, 0.6) is 0 Å². The quantitative estimate of drug-likeness (QED) is 0.816. The lowest BCUT2D eigenvalue weighted by atomic mass is 9.99. The summed E-state index contributed by atoms with van der Waals surface area (Å²) in [5.41, 5.74) is -0.191. The molecule has 2 rings (SSSR count). The number of carboxylic acids is 1. The second kappa shape index (κ2) is 4.80.